The quantitative estimate of drug-likeness (QED) is 0.399. The van der Waals surface area contributed by atoms with E-state index in [1.54, 1.807) is 38.8 Å². The molecule has 0 unspecified atom stereocenters. The summed E-state index contributed by atoms with van der Waals surface area (Å²) in [6, 6.07) is 5.55. The second kappa shape index (κ2) is 9.16. The van der Waals surface area contributed by atoms with Gasteiger partial charge in [0.15, 0.2) is 0 Å². The van der Waals surface area contributed by atoms with Crippen molar-refractivity contribution in [3.05, 3.63) is 59.0 Å². The molecule has 1 fully saturated rings. The number of aryl methyl sites for hydroxylation is 1. The minimum Gasteiger partial charge on any atom is -0.357 e. The Hall–Kier alpha value is -4.28. The molecule has 3 N–H and O–H groups in total. The number of urea groups is 1. The Kier molecular flexibility index (Phi) is 5.89. The van der Waals surface area contributed by atoms with Crippen molar-refractivity contribution in [1.29, 1.82) is 0 Å². The highest BCUT2D eigenvalue weighted by molar-refractivity contribution is 6.00. The maximum atomic E-state index is 14.5. The first-order chi connectivity index (χ1) is 16.9. The summed E-state index contributed by atoms with van der Waals surface area (Å²) in [5, 5.41) is 13.0. The Morgan fingerprint density at radius 2 is 1.94 bits per heavy atom. The zero-order chi connectivity index (χ0) is 24.5. The van der Waals surface area contributed by atoms with Crippen LogP contribution in [0.15, 0.2) is 47.7 Å². The van der Waals surface area contributed by atoms with E-state index < -0.39 is 11.8 Å². The third-order valence-corrected chi connectivity index (χ3v) is 6.26. The first-order valence-electron chi connectivity index (χ1n) is 11.4. The highest BCUT2D eigenvalue weighted by Crippen LogP contribution is 2.29. The lowest BCUT2D eigenvalue weighted by atomic mass is 10.1. The molecular formula is C24H25FN8O2. The summed E-state index contributed by atoms with van der Waals surface area (Å²) in [6.45, 7) is 0. The third kappa shape index (κ3) is 4.44. The van der Waals surface area contributed by atoms with Gasteiger partial charge in [-0.3, -0.25) is 14.0 Å². The van der Waals surface area contributed by atoms with E-state index >= 15 is 0 Å². The zero-order valence-corrected chi connectivity index (χ0v) is 19.4. The van der Waals surface area contributed by atoms with Gasteiger partial charge in [0, 0.05) is 37.4 Å². The molecule has 0 radical (unpaired) electrons. The fraction of sp³-hybridized carbons (Fsp3) is 0.292. The molecule has 10 nitrogen and oxygen atoms in total. The normalized spacial score (nSPS) is 13.8. The average Bonchev–Trinajstić information content (AvgIpc) is 3.55. The Morgan fingerprint density at radius 1 is 1.14 bits per heavy atom. The van der Waals surface area contributed by atoms with Gasteiger partial charge in [-0.15, -0.1) is 0 Å². The molecule has 1 aliphatic rings. The van der Waals surface area contributed by atoms with Gasteiger partial charge in [0.05, 0.1) is 23.6 Å². The average molecular weight is 477 g/mol. The third-order valence-electron chi connectivity index (χ3n) is 6.26. The number of hydrogen-bond donors (Lipinski definition) is 3. The van der Waals surface area contributed by atoms with Gasteiger partial charge in [-0.1, -0.05) is 18.9 Å². The van der Waals surface area contributed by atoms with Gasteiger partial charge in [-0.2, -0.15) is 10.1 Å². The molecule has 5 rings (SSSR count). The van der Waals surface area contributed by atoms with Gasteiger partial charge in [0.2, 0.25) is 5.95 Å². The van der Waals surface area contributed by atoms with Crippen LogP contribution in [0.1, 0.15) is 31.7 Å². The Morgan fingerprint density at radius 3 is 2.71 bits per heavy atom. The Bertz CT molecular complexity index is 1470. The summed E-state index contributed by atoms with van der Waals surface area (Å²) in [5.41, 5.74) is 1.43. The molecule has 180 valence electrons. The number of rotatable bonds is 5. The number of nitrogens with zero attached hydrogens (tertiary/aromatic N) is 5. The summed E-state index contributed by atoms with van der Waals surface area (Å²) < 4.78 is 17.8. The standard InChI is InChI=1S/C24H25FN8O2/c1-26-23-27-11-15-9-18(22(34)32(2)21(15)31-23)14-7-8-19(25)20(10-14)30-24(35)29-16-12-28-33(13-16)17-5-3-4-6-17/h7-13,17H,3-6H2,1-2H3,(H,26,27,31)(H2,29,30,35). The summed E-state index contributed by atoms with van der Waals surface area (Å²) in [6.07, 6.45) is 9.46. The largest absolute Gasteiger partial charge is 0.357 e. The molecule has 1 aliphatic carbocycles. The zero-order valence-electron chi connectivity index (χ0n) is 19.4. The van der Waals surface area contributed by atoms with Gasteiger partial charge in [-0.05, 0) is 36.6 Å². The maximum absolute atomic E-state index is 14.5. The van der Waals surface area contributed by atoms with Crippen molar-refractivity contribution in [2.45, 2.75) is 31.7 Å². The van der Waals surface area contributed by atoms with E-state index in [1.165, 1.54) is 35.6 Å². The molecule has 0 saturated heterocycles. The van der Waals surface area contributed by atoms with Crippen LogP contribution in [0.2, 0.25) is 0 Å². The number of pyridine rings is 1. The second-order valence-electron chi connectivity index (χ2n) is 8.57. The molecule has 0 spiro atoms. The van der Waals surface area contributed by atoms with Crippen LogP contribution in [-0.4, -0.2) is 37.4 Å². The number of aromatic nitrogens is 5. The van der Waals surface area contributed by atoms with Crippen molar-refractivity contribution in [3.63, 3.8) is 0 Å². The van der Waals surface area contributed by atoms with Crippen molar-refractivity contribution < 1.29 is 9.18 Å². The van der Waals surface area contributed by atoms with E-state index in [0.29, 0.717) is 39.8 Å². The molecule has 4 aromatic rings. The molecule has 0 bridgehead atoms. The van der Waals surface area contributed by atoms with Crippen molar-refractivity contribution in [2.24, 2.45) is 7.05 Å². The monoisotopic (exact) mass is 476 g/mol. The number of benzene rings is 1. The van der Waals surface area contributed by atoms with E-state index in [0.717, 1.165) is 12.8 Å². The molecule has 3 aromatic heterocycles. The lowest BCUT2D eigenvalue weighted by Gasteiger charge is -2.12. The first-order valence-corrected chi connectivity index (χ1v) is 11.4. The molecule has 1 aromatic carbocycles. The topological polar surface area (TPSA) is 119 Å². The summed E-state index contributed by atoms with van der Waals surface area (Å²) in [4.78, 5) is 34.1. The van der Waals surface area contributed by atoms with Crippen LogP contribution in [0.4, 0.5) is 26.5 Å². The van der Waals surface area contributed by atoms with Crippen LogP contribution in [0.5, 0.6) is 0 Å². The van der Waals surface area contributed by atoms with E-state index in [4.69, 9.17) is 0 Å². The lowest BCUT2D eigenvalue weighted by Crippen LogP contribution is -2.21. The SMILES string of the molecule is CNc1ncc2cc(-c3ccc(F)c(NC(=O)Nc4cnn(C5CCCC5)c4)c3)c(=O)n(C)c2n1. The van der Waals surface area contributed by atoms with Crippen LogP contribution >= 0.6 is 0 Å². The smallest absolute Gasteiger partial charge is 0.323 e. The van der Waals surface area contributed by atoms with E-state index in [9.17, 15) is 14.0 Å². The Labute approximate surface area is 200 Å². The van der Waals surface area contributed by atoms with Gasteiger partial charge in [-0.25, -0.2) is 14.2 Å². The number of nitrogens with one attached hydrogen (secondary N) is 3. The number of fused-ring (bicyclic) bond motifs is 1. The van der Waals surface area contributed by atoms with E-state index in [2.05, 4.69) is 31.0 Å². The number of anilines is 3. The molecular weight excluding hydrogens is 451 g/mol. The molecule has 35 heavy (non-hydrogen) atoms. The fourth-order valence-corrected chi connectivity index (χ4v) is 4.42. The fourth-order valence-electron chi connectivity index (χ4n) is 4.42. The number of halogens is 1. The number of amides is 2. The minimum absolute atomic E-state index is 0.0490. The molecule has 1 saturated carbocycles. The van der Waals surface area contributed by atoms with Crippen molar-refractivity contribution in [2.75, 3.05) is 23.0 Å². The van der Waals surface area contributed by atoms with Crippen LogP contribution in [0.25, 0.3) is 22.2 Å². The molecule has 11 heteroatoms. The van der Waals surface area contributed by atoms with Gasteiger partial charge in [0.25, 0.3) is 5.56 Å². The van der Waals surface area contributed by atoms with Gasteiger partial charge < -0.3 is 16.0 Å². The van der Waals surface area contributed by atoms with Crippen molar-refractivity contribution in [1.82, 2.24) is 24.3 Å². The summed E-state index contributed by atoms with van der Waals surface area (Å²) in [5.74, 6) is -0.224. The number of carbonyl (C=O) groups is 1. The molecule has 2 amide bonds. The highest BCUT2D eigenvalue weighted by atomic mass is 19.1. The van der Waals surface area contributed by atoms with Crippen molar-refractivity contribution in [3.8, 4) is 11.1 Å². The van der Waals surface area contributed by atoms with E-state index in [1.807, 2.05) is 4.68 Å². The molecule has 0 aliphatic heterocycles. The second-order valence-corrected chi connectivity index (χ2v) is 8.57. The Balaban J connectivity index is 1.39. The summed E-state index contributed by atoms with van der Waals surface area (Å²) >= 11 is 0. The lowest BCUT2D eigenvalue weighted by molar-refractivity contribution is 0.262. The van der Waals surface area contributed by atoms with Crippen LogP contribution in [0.3, 0.4) is 0 Å². The molecule has 3 heterocycles. The van der Waals surface area contributed by atoms with Gasteiger partial charge in [0.1, 0.15) is 11.5 Å². The predicted octanol–water partition coefficient (Wildman–Crippen LogP) is 4.13. The van der Waals surface area contributed by atoms with Crippen LogP contribution < -0.4 is 21.5 Å². The number of carbonyl (C=O) groups excluding carboxylic acids is 1. The first kappa shape index (κ1) is 22.5. The van der Waals surface area contributed by atoms with Crippen LogP contribution in [0, 0.1) is 5.82 Å². The molecule has 0 atom stereocenters. The van der Waals surface area contributed by atoms with Crippen molar-refractivity contribution >= 4 is 34.4 Å². The van der Waals surface area contributed by atoms with E-state index in [-0.39, 0.29) is 11.2 Å². The predicted molar refractivity (Wildman–Crippen MR) is 132 cm³/mol. The minimum atomic E-state index is -0.620. The highest BCUT2D eigenvalue weighted by Gasteiger charge is 2.18. The number of hydrogen-bond acceptors (Lipinski definition) is 6. The van der Waals surface area contributed by atoms with Crippen LogP contribution in [-0.2, 0) is 7.05 Å². The summed E-state index contributed by atoms with van der Waals surface area (Å²) in [7, 11) is 3.31. The van der Waals surface area contributed by atoms with Gasteiger partial charge >= 0.3 is 6.03 Å². The maximum Gasteiger partial charge on any atom is 0.323 e.